The van der Waals surface area contributed by atoms with E-state index in [2.05, 4.69) is 17.2 Å². The van der Waals surface area contributed by atoms with Gasteiger partial charge in [0.05, 0.1) is 11.2 Å². The van der Waals surface area contributed by atoms with Crippen molar-refractivity contribution < 1.29 is 4.39 Å². The maximum absolute atomic E-state index is 12.8. The minimum Gasteiger partial charge on any atom is -0.309 e. The van der Waals surface area contributed by atoms with Crippen LogP contribution in [0.1, 0.15) is 23.1 Å². The Balaban J connectivity index is 1.83. The standard InChI is InChI=1S/C14H17FN2S/c1-10(7-12-3-5-13(15)6-4-12)16-8-14-11(2)17-9-18-14/h3-6,9-10,16H,7-8H2,1-2H3. The predicted molar refractivity (Wildman–Crippen MR) is 73.3 cm³/mol. The van der Waals surface area contributed by atoms with Gasteiger partial charge in [0.25, 0.3) is 0 Å². The molecule has 0 radical (unpaired) electrons. The van der Waals surface area contributed by atoms with Gasteiger partial charge in [0.1, 0.15) is 5.82 Å². The number of halogens is 1. The van der Waals surface area contributed by atoms with Crippen molar-refractivity contribution in [1.29, 1.82) is 0 Å². The molecule has 1 unspecified atom stereocenters. The maximum atomic E-state index is 12.8. The number of thiazole rings is 1. The van der Waals surface area contributed by atoms with E-state index in [4.69, 9.17) is 0 Å². The van der Waals surface area contributed by atoms with Crippen molar-refractivity contribution in [3.63, 3.8) is 0 Å². The molecule has 1 atom stereocenters. The van der Waals surface area contributed by atoms with E-state index in [-0.39, 0.29) is 5.82 Å². The lowest BCUT2D eigenvalue weighted by atomic mass is 10.1. The molecule has 0 amide bonds. The fourth-order valence-corrected chi connectivity index (χ4v) is 2.54. The number of nitrogens with zero attached hydrogens (tertiary/aromatic N) is 1. The van der Waals surface area contributed by atoms with Crippen LogP contribution in [-0.4, -0.2) is 11.0 Å². The van der Waals surface area contributed by atoms with Crippen LogP contribution >= 0.6 is 11.3 Å². The normalized spacial score (nSPS) is 12.6. The molecule has 1 heterocycles. The van der Waals surface area contributed by atoms with Crippen LogP contribution in [0.3, 0.4) is 0 Å². The highest BCUT2D eigenvalue weighted by molar-refractivity contribution is 7.09. The van der Waals surface area contributed by atoms with Gasteiger partial charge in [-0.3, -0.25) is 0 Å². The van der Waals surface area contributed by atoms with Crippen molar-refractivity contribution in [3.05, 3.63) is 51.7 Å². The summed E-state index contributed by atoms with van der Waals surface area (Å²) in [4.78, 5) is 5.50. The molecule has 1 aromatic heterocycles. The predicted octanol–water partition coefficient (Wildman–Crippen LogP) is 3.31. The molecule has 2 aromatic rings. The van der Waals surface area contributed by atoms with Crippen molar-refractivity contribution in [1.82, 2.24) is 10.3 Å². The lowest BCUT2D eigenvalue weighted by molar-refractivity contribution is 0.546. The maximum Gasteiger partial charge on any atom is 0.123 e. The molecular formula is C14H17FN2S. The van der Waals surface area contributed by atoms with Gasteiger partial charge in [-0.15, -0.1) is 11.3 Å². The van der Waals surface area contributed by atoms with Crippen LogP contribution < -0.4 is 5.32 Å². The Bertz CT molecular complexity index is 493. The van der Waals surface area contributed by atoms with Crippen LogP contribution in [-0.2, 0) is 13.0 Å². The molecule has 2 nitrogen and oxygen atoms in total. The van der Waals surface area contributed by atoms with Crippen LogP contribution in [0.4, 0.5) is 4.39 Å². The number of nitrogens with one attached hydrogen (secondary N) is 1. The zero-order chi connectivity index (χ0) is 13.0. The van der Waals surface area contributed by atoms with Gasteiger partial charge in [0.2, 0.25) is 0 Å². The summed E-state index contributed by atoms with van der Waals surface area (Å²) in [5, 5.41) is 3.47. The van der Waals surface area contributed by atoms with E-state index in [0.29, 0.717) is 6.04 Å². The lowest BCUT2D eigenvalue weighted by Gasteiger charge is -2.13. The molecule has 96 valence electrons. The fourth-order valence-electron chi connectivity index (χ4n) is 1.81. The van der Waals surface area contributed by atoms with Crippen LogP contribution in [0.2, 0.25) is 0 Å². The number of rotatable bonds is 5. The van der Waals surface area contributed by atoms with Gasteiger partial charge in [0.15, 0.2) is 0 Å². The minimum absolute atomic E-state index is 0.181. The third kappa shape index (κ3) is 3.62. The SMILES string of the molecule is Cc1ncsc1CNC(C)Cc1ccc(F)cc1. The topological polar surface area (TPSA) is 24.9 Å². The van der Waals surface area contributed by atoms with Gasteiger partial charge < -0.3 is 5.32 Å². The van der Waals surface area contributed by atoms with Crippen molar-refractivity contribution in [2.75, 3.05) is 0 Å². The second-order valence-electron chi connectivity index (χ2n) is 4.47. The highest BCUT2D eigenvalue weighted by Gasteiger charge is 2.06. The quantitative estimate of drug-likeness (QED) is 0.896. The van der Waals surface area contributed by atoms with E-state index in [0.717, 1.165) is 24.2 Å². The first kappa shape index (κ1) is 13.2. The van der Waals surface area contributed by atoms with Gasteiger partial charge in [-0.2, -0.15) is 0 Å². The summed E-state index contributed by atoms with van der Waals surface area (Å²) in [6.45, 7) is 5.01. The third-order valence-electron chi connectivity index (χ3n) is 2.91. The molecule has 1 N–H and O–H groups in total. The summed E-state index contributed by atoms with van der Waals surface area (Å²) in [6, 6.07) is 7.05. The molecule has 0 saturated carbocycles. The van der Waals surface area contributed by atoms with Crippen molar-refractivity contribution in [2.45, 2.75) is 32.9 Å². The summed E-state index contributed by atoms with van der Waals surface area (Å²) < 4.78 is 12.8. The summed E-state index contributed by atoms with van der Waals surface area (Å²) in [5.41, 5.74) is 4.12. The van der Waals surface area contributed by atoms with Crippen LogP contribution in [0.5, 0.6) is 0 Å². The lowest BCUT2D eigenvalue weighted by Crippen LogP contribution is -2.27. The van der Waals surface area contributed by atoms with Crippen molar-refractivity contribution in [3.8, 4) is 0 Å². The molecule has 0 saturated heterocycles. The van der Waals surface area contributed by atoms with Gasteiger partial charge in [-0.1, -0.05) is 12.1 Å². The molecule has 2 rings (SSSR count). The monoisotopic (exact) mass is 264 g/mol. The van der Waals surface area contributed by atoms with Gasteiger partial charge in [-0.05, 0) is 38.0 Å². The summed E-state index contributed by atoms with van der Waals surface area (Å²) in [6.07, 6.45) is 0.901. The number of hydrogen-bond acceptors (Lipinski definition) is 3. The zero-order valence-corrected chi connectivity index (χ0v) is 11.4. The largest absolute Gasteiger partial charge is 0.309 e. The average Bonchev–Trinajstić information content (AvgIpc) is 2.75. The van der Waals surface area contributed by atoms with Gasteiger partial charge >= 0.3 is 0 Å². The molecule has 4 heteroatoms. The van der Waals surface area contributed by atoms with E-state index in [1.807, 2.05) is 24.6 Å². The van der Waals surface area contributed by atoms with Crippen LogP contribution in [0, 0.1) is 12.7 Å². The van der Waals surface area contributed by atoms with Crippen LogP contribution in [0.15, 0.2) is 29.8 Å². The Hall–Kier alpha value is -1.26. The summed E-state index contributed by atoms with van der Waals surface area (Å²) in [7, 11) is 0. The van der Waals surface area contributed by atoms with E-state index in [1.54, 1.807) is 11.3 Å². The second kappa shape index (κ2) is 6.07. The Morgan fingerprint density at radius 1 is 1.33 bits per heavy atom. The van der Waals surface area contributed by atoms with E-state index in [9.17, 15) is 4.39 Å². The first-order valence-corrected chi connectivity index (χ1v) is 6.90. The van der Waals surface area contributed by atoms with E-state index < -0.39 is 0 Å². The molecule has 0 spiro atoms. The second-order valence-corrected chi connectivity index (χ2v) is 5.41. The van der Waals surface area contributed by atoms with Crippen molar-refractivity contribution >= 4 is 11.3 Å². The molecular weight excluding hydrogens is 247 g/mol. The molecule has 0 aliphatic carbocycles. The van der Waals surface area contributed by atoms with E-state index >= 15 is 0 Å². The molecule has 0 aliphatic rings. The summed E-state index contributed by atoms with van der Waals surface area (Å²) >= 11 is 1.68. The smallest absolute Gasteiger partial charge is 0.123 e. The minimum atomic E-state index is -0.181. The molecule has 0 bridgehead atoms. The average molecular weight is 264 g/mol. The first-order valence-electron chi connectivity index (χ1n) is 6.02. The van der Waals surface area contributed by atoms with Gasteiger partial charge in [0, 0.05) is 17.5 Å². The van der Waals surface area contributed by atoms with Gasteiger partial charge in [-0.25, -0.2) is 9.37 Å². The molecule has 0 fully saturated rings. The summed E-state index contributed by atoms with van der Waals surface area (Å²) in [5.74, 6) is -0.181. The van der Waals surface area contributed by atoms with Crippen molar-refractivity contribution in [2.24, 2.45) is 0 Å². The highest BCUT2D eigenvalue weighted by atomic mass is 32.1. The molecule has 0 aliphatic heterocycles. The van der Waals surface area contributed by atoms with Crippen LogP contribution in [0.25, 0.3) is 0 Å². The Morgan fingerprint density at radius 2 is 2.06 bits per heavy atom. The Labute approximate surface area is 111 Å². The molecule has 18 heavy (non-hydrogen) atoms. The number of benzene rings is 1. The fraction of sp³-hybridized carbons (Fsp3) is 0.357. The number of aryl methyl sites for hydroxylation is 1. The number of hydrogen-bond donors (Lipinski definition) is 1. The Kier molecular flexibility index (Phi) is 4.44. The highest BCUT2D eigenvalue weighted by Crippen LogP contribution is 2.12. The first-order chi connectivity index (χ1) is 8.65. The molecule has 1 aromatic carbocycles. The number of aromatic nitrogens is 1. The third-order valence-corrected chi connectivity index (χ3v) is 3.85. The zero-order valence-electron chi connectivity index (χ0n) is 10.6. The Morgan fingerprint density at radius 3 is 2.67 bits per heavy atom. The van der Waals surface area contributed by atoms with E-state index in [1.165, 1.54) is 17.0 Å².